The van der Waals surface area contributed by atoms with Crippen molar-refractivity contribution in [3.05, 3.63) is 44.2 Å². The van der Waals surface area contributed by atoms with Gasteiger partial charge in [-0.3, -0.25) is 0 Å². The van der Waals surface area contributed by atoms with Gasteiger partial charge in [-0.05, 0) is 30.0 Å². The quantitative estimate of drug-likeness (QED) is 0.617. The molecule has 0 radical (unpaired) electrons. The highest BCUT2D eigenvalue weighted by Gasteiger charge is 2.23. The van der Waals surface area contributed by atoms with Crippen LogP contribution in [0.4, 0.5) is 5.82 Å². The molecule has 7 heteroatoms. The normalized spacial score (nSPS) is 11.0. The largest absolute Gasteiger partial charge is 0.380 e. The molecule has 3 aromatic rings. The Labute approximate surface area is 140 Å². The minimum absolute atomic E-state index is 0.261. The summed E-state index contributed by atoms with van der Waals surface area (Å²) < 4.78 is 5.37. The number of nitrogens with two attached hydrogens (primary N) is 1. The molecule has 0 unspecified atom stereocenters. The Bertz CT molecular complexity index is 826. The van der Waals surface area contributed by atoms with Crippen LogP contribution in [-0.4, -0.2) is 5.16 Å². The molecule has 108 valence electrons. The number of benzene rings is 1. The smallest absolute Gasteiger partial charge is 0.188 e. The molecule has 3 rings (SSSR count). The highest BCUT2D eigenvalue weighted by Crippen LogP contribution is 2.45. The van der Waals surface area contributed by atoms with Gasteiger partial charge in [0.05, 0.1) is 20.5 Å². The molecule has 0 aliphatic rings. The van der Waals surface area contributed by atoms with Crippen LogP contribution in [0.5, 0.6) is 0 Å². The molecule has 0 aliphatic heterocycles. The number of aryl methyl sites for hydroxylation is 1. The highest BCUT2D eigenvalue weighted by molar-refractivity contribution is 7.14. The van der Waals surface area contributed by atoms with Gasteiger partial charge in [0.2, 0.25) is 0 Å². The van der Waals surface area contributed by atoms with Crippen molar-refractivity contribution in [3.8, 4) is 21.8 Å². The minimum Gasteiger partial charge on any atom is -0.380 e. The van der Waals surface area contributed by atoms with Crippen molar-refractivity contribution in [1.29, 1.82) is 0 Å². The summed E-state index contributed by atoms with van der Waals surface area (Å²) in [4.78, 5) is 0.777. The zero-order valence-electron chi connectivity index (χ0n) is 10.8. The van der Waals surface area contributed by atoms with Gasteiger partial charge in [-0.1, -0.05) is 46.0 Å². The standard InChI is InChI=1S/C14H9Cl3N2OS/c1-6-5-21-13(11(6)17)12-10(14(18)19-20-12)8-3-2-7(15)4-9(8)16/h2-5H,1H3,(H2,18,19). The number of aromatic nitrogens is 1. The van der Waals surface area contributed by atoms with E-state index in [4.69, 9.17) is 45.1 Å². The Morgan fingerprint density at radius 2 is 2.00 bits per heavy atom. The van der Waals surface area contributed by atoms with E-state index in [0.717, 1.165) is 10.4 Å². The van der Waals surface area contributed by atoms with E-state index in [-0.39, 0.29) is 5.82 Å². The van der Waals surface area contributed by atoms with Crippen molar-refractivity contribution in [3.63, 3.8) is 0 Å². The van der Waals surface area contributed by atoms with Gasteiger partial charge in [0, 0.05) is 10.6 Å². The summed E-state index contributed by atoms with van der Waals surface area (Å²) in [5.41, 5.74) is 8.24. The zero-order chi connectivity index (χ0) is 15.1. The molecule has 0 aliphatic carbocycles. The summed E-state index contributed by atoms with van der Waals surface area (Å²) in [6, 6.07) is 5.17. The fourth-order valence-electron chi connectivity index (χ4n) is 1.99. The van der Waals surface area contributed by atoms with E-state index in [1.807, 2.05) is 12.3 Å². The SMILES string of the molecule is Cc1csc(-c2onc(N)c2-c2ccc(Cl)cc2Cl)c1Cl. The van der Waals surface area contributed by atoms with E-state index in [2.05, 4.69) is 5.16 Å². The summed E-state index contributed by atoms with van der Waals surface area (Å²) in [6.07, 6.45) is 0. The van der Waals surface area contributed by atoms with Crippen molar-refractivity contribution < 1.29 is 4.52 Å². The maximum atomic E-state index is 6.30. The van der Waals surface area contributed by atoms with Crippen LogP contribution >= 0.6 is 46.1 Å². The minimum atomic E-state index is 0.261. The van der Waals surface area contributed by atoms with Crippen LogP contribution in [0.15, 0.2) is 28.1 Å². The third-order valence-electron chi connectivity index (χ3n) is 3.02. The lowest BCUT2D eigenvalue weighted by Crippen LogP contribution is -1.89. The topological polar surface area (TPSA) is 52.0 Å². The van der Waals surface area contributed by atoms with Gasteiger partial charge >= 0.3 is 0 Å². The number of hydrogen-bond acceptors (Lipinski definition) is 4. The monoisotopic (exact) mass is 358 g/mol. The third-order valence-corrected chi connectivity index (χ3v) is 5.27. The maximum absolute atomic E-state index is 6.30. The predicted octanol–water partition coefficient (Wildman–Crippen LogP) is 5.92. The molecule has 0 spiro atoms. The molecular weight excluding hydrogens is 351 g/mol. The molecule has 0 atom stereocenters. The molecule has 2 aromatic heterocycles. The summed E-state index contributed by atoms with van der Waals surface area (Å²) in [6.45, 7) is 1.93. The average Bonchev–Trinajstić information content (AvgIpc) is 2.95. The van der Waals surface area contributed by atoms with Crippen LogP contribution in [-0.2, 0) is 0 Å². The van der Waals surface area contributed by atoms with E-state index in [9.17, 15) is 0 Å². The van der Waals surface area contributed by atoms with Crippen molar-refractivity contribution in [2.24, 2.45) is 0 Å². The molecule has 2 N–H and O–H groups in total. The molecule has 0 amide bonds. The van der Waals surface area contributed by atoms with Crippen molar-refractivity contribution in [1.82, 2.24) is 5.16 Å². The molecule has 0 bridgehead atoms. The Hall–Kier alpha value is -1.20. The van der Waals surface area contributed by atoms with Crippen molar-refractivity contribution in [2.45, 2.75) is 6.92 Å². The number of nitrogens with zero attached hydrogens (tertiary/aromatic N) is 1. The number of thiophene rings is 1. The van der Waals surface area contributed by atoms with Crippen molar-refractivity contribution in [2.75, 3.05) is 5.73 Å². The van der Waals surface area contributed by atoms with E-state index < -0.39 is 0 Å². The van der Waals surface area contributed by atoms with E-state index in [1.165, 1.54) is 11.3 Å². The Morgan fingerprint density at radius 3 is 2.62 bits per heavy atom. The lowest BCUT2D eigenvalue weighted by atomic mass is 10.0. The van der Waals surface area contributed by atoms with Crippen LogP contribution in [0.1, 0.15) is 5.56 Å². The number of hydrogen-bond donors (Lipinski definition) is 1. The maximum Gasteiger partial charge on any atom is 0.188 e. The van der Waals surface area contributed by atoms with E-state index in [0.29, 0.717) is 32.0 Å². The van der Waals surface area contributed by atoms with Crippen LogP contribution < -0.4 is 5.73 Å². The average molecular weight is 360 g/mol. The van der Waals surface area contributed by atoms with Crippen molar-refractivity contribution >= 4 is 52.0 Å². The van der Waals surface area contributed by atoms with Gasteiger partial charge in [0.15, 0.2) is 11.6 Å². The first-order valence-electron chi connectivity index (χ1n) is 5.93. The van der Waals surface area contributed by atoms with Gasteiger partial charge in [-0.2, -0.15) is 0 Å². The number of nitrogen functional groups attached to an aromatic ring is 1. The van der Waals surface area contributed by atoms with Gasteiger partial charge in [-0.15, -0.1) is 11.3 Å². The molecule has 2 heterocycles. The van der Waals surface area contributed by atoms with E-state index in [1.54, 1.807) is 18.2 Å². The third kappa shape index (κ3) is 2.53. The Morgan fingerprint density at radius 1 is 1.24 bits per heavy atom. The van der Waals surface area contributed by atoms with E-state index >= 15 is 0 Å². The second-order valence-corrected chi connectivity index (χ2v) is 6.56. The molecule has 21 heavy (non-hydrogen) atoms. The first-order chi connectivity index (χ1) is 9.99. The molecular formula is C14H9Cl3N2OS. The van der Waals surface area contributed by atoms with Crippen LogP contribution in [0, 0.1) is 6.92 Å². The van der Waals surface area contributed by atoms with Gasteiger partial charge in [-0.25, -0.2) is 0 Å². The second-order valence-electron chi connectivity index (χ2n) is 4.46. The Kier molecular flexibility index (Phi) is 3.88. The number of halogens is 3. The van der Waals surface area contributed by atoms with Crippen LogP contribution in [0.3, 0.4) is 0 Å². The van der Waals surface area contributed by atoms with Gasteiger partial charge in [0.1, 0.15) is 0 Å². The number of anilines is 1. The lowest BCUT2D eigenvalue weighted by molar-refractivity contribution is 0.437. The van der Waals surface area contributed by atoms with Gasteiger partial charge in [0.25, 0.3) is 0 Å². The molecule has 1 aromatic carbocycles. The first-order valence-corrected chi connectivity index (χ1v) is 7.95. The highest BCUT2D eigenvalue weighted by atomic mass is 35.5. The molecule has 3 nitrogen and oxygen atoms in total. The molecule has 0 fully saturated rings. The van der Waals surface area contributed by atoms with Crippen LogP contribution in [0.2, 0.25) is 15.1 Å². The second kappa shape index (κ2) is 5.54. The van der Waals surface area contributed by atoms with Crippen LogP contribution in [0.25, 0.3) is 21.8 Å². The summed E-state index contributed by atoms with van der Waals surface area (Å²) >= 11 is 20.0. The fraction of sp³-hybridized carbons (Fsp3) is 0.0714. The zero-order valence-corrected chi connectivity index (χ0v) is 13.9. The summed E-state index contributed by atoms with van der Waals surface area (Å²) in [7, 11) is 0. The molecule has 0 saturated heterocycles. The fourth-order valence-corrected chi connectivity index (χ4v) is 3.76. The molecule has 0 saturated carbocycles. The number of rotatable bonds is 2. The lowest BCUT2D eigenvalue weighted by Gasteiger charge is -2.05. The first kappa shape index (κ1) is 14.7. The Balaban J connectivity index is 2.24. The van der Waals surface area contributed by atoms with Gasteiger partial charge < -0.3 is 10.3 Å². The summed E-state index contributed by atoms with van der Waals surface area (Å²) in [5, 5.41) is 7.44. The predicted molar refractivity (Wildman–Crippen MR) is 89.4 cm³/mol. The summed E-state index contributed by atoms with van der Waals surface area (Å²) in [5.74, 6) is 0.774.